The molecule has 1 aromatic carbocycles. The number of aromatic nitrogens is 1. The standard InChI is InChI=1S/C23H30N2O2/c1-3-27-19-11-12-21-17(15-19)7-10-18(25(21)2)9-6-16-8-13-22(26)23-20(16)5-4-14-24-23/h4-6,8-9,13-14,17-19,21,26H,3,7,10-12,15H2,1-2H3/b9-6+. The van der Waals surface area contributed by atoms with Crippen molar-refractivity contribution in [3.63, 3.8) is 0 Å². The number of fused-ring (bicyclic) bond motifs is 2. The zero-order valence-corrected chi connectivity index (χ0v) is 16.3. The molecule has 144 valence electrons. The lowest BCUT2D eigenvalue weighted by Crippen LogP contribution is -2.51. The summed E-state index contributed by atoms with van der Waals surface area (Å²) in [5.74, 6) is 1.01. The predicted octanol–water partition coefficient (Wildman–Crippen LogP) is 4.62. The zero-order chi connectivity index (χ0) is 18.8. The van der Waals surface area contributed by atoms with E-state index in [2.05, 4.69) is 36.0 Å². The van der Waals surface area contributed by atoms with Crippen molar-refractivity contribution < 1.29 is 9.84 Å². The molecule has 27 heavy (non-hydrogen) atoms. The van der Waals surface area contributed by atoms with Gasteiger partial charge < -0.3 is 9.84 Å². The van der Waals surface area contributed by atoms with E-state index in [1.54, 1.807) is 12.3 Å². The quantitative estimate of drug-likeness (QED) is 0.857. The van der Waals surface area contributed by atoms with E-state index in [1.165, 1.54) is 32.1 Å². The van der Waals surface area contributed by atoms with Crippen LogP contribution in [0.25, 0.3) is 17.0 Å². The van der Waals surface area contributed by atoms with Crippen molar-refractivity contribution in [1.29, 1.82) is 0 Å². The summed E-state index contributed by atoms with van der Waals surface area (Å²) < 4.78 is 5.89. The lowest BCUT2D eigenvalue weighted by Gasteiger charge is -2.47. The van der Waals surface area contributed by atoms with Gasteiger partial charge in [0.2, 0.25) is 0 Å². The smallest absolute Gasteiger partial charge is 0.141 e. The maximum Gasteiger partial charge on any atom is 0.141 e. The molecule has 0 spiro atoms. The second kappa shape index (κ2) is 7.99. The molecule has 2 aromatic rings. The average molecular weight is 367 g/mol. The molecule has 1 aliphatic carbocycles. The monoisotopic (exact) mass is 366 g/mol. The van der Waals surface area contributed by atoms with Crippen LogP contribution < -0.4 is 0 Å². The number of likely N-dealkylation sites (tertiary alicyclic amines) is 1. The lowest BCUT2D eigenvalue weighted by molar-refractivity contribution is -0.0315. The molecular formula is C23H30N2O2. The summed E-state index contributed by atoms with van der Waals surface area (Å²) in [5.41, 5.74) is 1.79. The van der Waals surface area contributed by atoms with Crippen LogP contribution in [0.15, 0.2) is 36.5 Å². The topological polar surface area (TPSA) is 45.6 Å². The van der Waals surface area contributed by atoms with E-state index in [4.69, 9.17) is 4.74 Å². The predicted molar refractivity (Wildman–Crippen MR) is 110 cm³/mol. The number of nitrogens with zero attached hydrogens (tertiary/aromatic N) is 2. The molecule has 1 aromatic heterocycles. The first kappa shape index (κ1) is 18.5. The molecule has 4 atom stereocenters. The van der Waals surface area contributed by atoms with Gasteiger partial charge in [0.15, 0.2) is 0 Å². The van der Waals surface area contributed by atoms with Crippen molar-refractivity contribution in [3.05, 3.63) is 42.1 Å². The molecule has 4 rings (SSSR count). The Bertz CT molecular complexity index is 819. The lowest BCUT2D eigenvalue weighted by atomic mass is 9.75. The first-order valence-corrected chi connectivity index (χ1v) is 10.3. The summed E-state index contributed by atoms with van der Waals surface area (Å²) in [6.07, 6.45) is 12.9. The number of pyridine rings is 1. The van der Waals surface area contributed by atoms with Crippen LogP contribution in [0.5, 0.6) is 5.75 Å². The minimum absolute atomic E-state index is 0.242. The highest BCUT2D eigenvalue weighted by Crippen LogP contribution is 2.38. The van der Waals surface area contributed by atoms with Crippen molar-refractivity contribution in [2.75, 3.05) is 13.7 Å². The number of rotatable bonds is 4. The van der Waals surface area contributed by atoms with Gasteiger partial charge in [-0.05, 0) is 69.7 Å². The normalized spacial score (nSPS) is 29.3. The molecule has 1 aliphatic heterocycles. The molecule has 4 heteroatoms. The van der Waals surface area contributed by atoms with Gasteiger partial charge in [0.1, 0.15) is 11.3 Å². The molecule has 1 saturated carbocycles. The van der Waals surface area contributed by atoms with Crippen molar-refractivity contribution >= 4 is 17.0 Å². The molecule has 0 bridgehead atoms. The number of hydrogen-bond acceptors (Lipinski definition) is 4. The highest BCUT2D eigenvalue weighted by atomic mass is 16.5. The van der Waals surface area contributed by atoms with Crippen LogP contribution >= 0.6 is 0 Å². The number of phenols is 1. The molecule has 2 aliphatic rings. The molecular weight excluding hydrogens is 336 g/mol. The van der Waals surface area contributed by atoms with Crippen LogP contribution in [0.1, 0.15) is 44.6 Å². The molecule has 2 fully saturated rings. The van der Waals surface area contributed by atoms with Gasteiger partial charge in [0.25, 0.3) is 0 Å². The maximum atomic E-state index is 10.0. The van der Waals surface area contributed by atoms with Crippen LogP contribution in [0.3, 0.4) is 0 Å². The summed E-state index contributed by atoms with van der Waals surface area (Å²) >= 11 is 0. The van der Waals surface area contributed by atoms with Crippen molar-refractivity contribution in [2.24, 2.45) is 5.92 Å². The Morgan fingerprint density at radius 1 is 1.22 bits per heavy atom. The SMILES string of the molecule is CCOC1CCC2C(CCC(/C=C/c3ccc(O)c4ncccc34)N2C)C1. The number of benzene rings is 1. The minimum Gasteiger partial charge on any atom is -0.506 e. The summed E-state index contributed by atoms with van der Waals surface area (Å²) in [7, 11) is 2.28. The molecule has 4 unspecified atom stereocenters. The fourth-order valence-electron chi connectivity index (χ4n) is 5.04. The van der Waals surface area contributed by atoms with Crippen molar-refractivity contribution in [3.8, 4) is 5.75 Å². The Labute approximate surface area is 161 Å². The van der Waals surface area contributed by atoms with E-state index in [0.717, 1.165) is 23.5 Å². The van der Waals surface area contributed by atoms with Gasteiger partial charge >= 0.3 is 0 Å². The van der Waals surface area contributed by atoms with Crippen LogP contribution in [-0.2, 0) is 4.74 Å². The van der Waals surface area contributed by atoms with Crippen LogP contribution in [0.4, 0.5) is 0 Å². The summed E-state index contributed by atoms with van der Waals surface area (Å²) in [6.45, 7) is 2.93. The van der Waals surface area contributed by atoms with Gasteiger partial charge in [-0.2, -0.15) is 0 Å². The number of likely N-dealkylation sites (N-methyl/N-ethyl adjacent to an activating group) is 1. The molecule has 1 N–H and O–H groups in total. The molecule has 0 radical (unpaired) electrons. The first-order valence-electron chi connectivity index (χ1n) is 10.3. The number of phenolic OH excluding ortho intramolecular Hbond substituents is 1. The first-order chi connectivity index (χ1) is 13.2. The van der Waals surface area contributed by atoms with Gasteiger partial charge in [-0.3, -0.25) is 9.88 Å². The number of aromatic hydroxyl groups is 1. The second-order valence-electron chi connectivity index (χ2n) is 7.96. The molecule has 1 saturated heterocycles. The van der Waals surface area contributed by atoms with Crippen LogP contribution in [-0.4, -0.2) is 46.8 Å². The zero-order valence-electron chi connectivity index (χ0n) is 16.3. The third-order valence-corrected chi connectivity index (χ3v) is 6.46. The van der Waals surface area contributed by atoms with E-state index in [1.807, 2.05) is 18.2 Å². The highest BCUT2D eigenvalue weighted by Gasteiger charge is 2.38. The number of piperidine rings is 1. The Kier molecular flexibility index (Phi) is 5.46. The van der Waals surface area contributed by atoms with E-state index in [-0.39, 0.29) is 5.75 Å². The second-order valence-corrected chi connectivity index (χ2v) is 7.96. The fraction of sp³-hybridized carbons (Fsp3) is 0.522. The third-order valence-electron chi connectivity index (χ3n) is 6.46. The highest BCUT2D eigenvalue weighted by molar-refractivity contribution is 5.91. The van der Waals surface area contributed by atoms with Gasteiger partial charge in [0.05, 0.1) is 6.10 Å². The third kappa shape index (κ3) is 3.74. The maximum absolute atomic E-state index is 10.0. The van der Waals surface area contributed by atoms with Crippen LogP contribution in [0.2, 0.25) is 0 Å². The largest absolute Gasteiger partial charge is 0.506 e. The van der Waals surface area contributed by atoms with Gasteiger partial charge in [-0.25, -0.2) is 0 Å². The van der Waals surface area contributed by atoms with Crippen molar-refractivity contribution in [2.45, 2.75) is 57.2 Å². The molecule has 4 nitrogen and oxygen atoms in total. The number of ether oxygens (including phenoxy) is 1. The Hall–Kier alpha value is -1.91. The average Bonchev–Trinajstić information content (AvgIpc) is 2.69. The molecule has 0 amide bonds. The van der Waals surface area contributed by atoms with Crippen molar-refractivity contribution in [1.82, 2.24) is 9.88 Å². The van der Waals surface area contributed by atoms with E-state index < -0.39 is 0 Å². The summed E-state index contributed by atoms with van der Waals surface area (Å²) in [4.78, 5) is 6.90. The van der Waals surface area contributed by atoms with Crippen LogP contribution in [0, 0.1) is 5.92 Å². The Morgan fingerprint density at radius 3 is 2.96 bits per heavy atom. The van der Waals surface area contributed by atoms with Gasteiger partial charge in [-0.15, -0.1) is 0 Å². The Morgan fingerprint density at radius 2 is 2.11 bits per heavy atom. The Balaban J connectivity index is 1.49. The van der Waals surface area contributed by atoms with E-state index >= 15 is 0 Å². The summed E-state index contributed by atoms with van der Waals surface area (Å²) in [5, 5.41) is 11.0. The molecule has 2 heterocycles. The van der Waals surface area contributed by atoms with E-state index in [0.29, 0.717) is 23.7 Å². The summed E-state index contributed by atoms with van der Waals surface area (Å²) in [6, 6.07) is 8.81. The van der Waals surface area contributed by atoms with E-state index in [9.17, 15) is 5.11 Å². The fourth-order valence-corrected chi connectivity index (χ4v) is 5.04. The minimum atomic E-state index is 0.242. The number of hydrogen-bond donors (Lipinski definition) is 1. The van der Waals surface area contributed by atoms with Gasteiger partial charge in [0, 0.05) is 30.3 Å². The van der Waals surface area contributed by atoms with Gasteiger partial charge in [-0.1, -0.05) is 24.3 Å².